The van der Waals surface area contributed by atoms with E-state index in [1.807, 2.05) is 6.92 Å². The Bertz CT molecular complexity index is 192. The quantitative estimate of drug-likeness (QED) is 0.629. The zero-order chi connectivity index (χ0) is 9.90. The molecular weight excluding hydrogens is 168 g/mol. The first-order valence-corrected chi connectivity index (χ1v) is 4.62. The lowest BCUT2D eigenvalue weighted by Gasteiger charge is -2.29. The van der Waals surface area contributed by atoms with Crippen molar-refractivity contribution in [3.63, 3.8) is 0 Å². The van der Waals surface area contributed by atoms with E-state index < -0.39 is 0 Å². The fourth-order valence-electron chi connectivity index (χ4n) is 1.53. The molecule has 13 heavy (non-hydrogen) atoms. The van der Waals surface area contributed by atoms with Crippen LogP contribution in [0.25, 0.3) is 0 Å². The molecule has 0 aliphatic heterocycles. The second kappa shape index (κ2) is 4.07. The van der Waals surface area contributed by atoms with Crippen molar-refractivity contribution in [1.29, 1.82) is 0 Å². The largest absolute Gasteiger partial charge is 0.375 e. The number of methoxy groups -OCH3 is 1. The summed E-state index contributed by atoms with van der Waals surface area (Å²) in [4.78, 5) is 11.3. The third-order valence-corrected chi connectivity index (χ3v) is 2.60. The first kappa shape index (κ1) is 10.5. The summed E-state index contributed by atoms with van der Waals surface area (Å²) in [5.74, 6) is 0.473. The second-order valence-corrected chi connectivity index (χ2v) is 3.88. The van der Waals surface area contributed by atoms with Gasteiger partial charge >= 0.3 is 0 Å². The Morgan fingerprint density at radius 1 is 1.69 bits per heavy atom. The topological polar surface area (TPSA) is 64.3 Å². The lowest BCUT2D eigenvalue weighted by atomic mass is 9.96. The van der Waals surface area contributed by atoms with Gasteiger partial charge in [0.2, 0.25) is 5.91 Å². The third-order valence-electron chi connectivity index (χ3n) is 2.60. The van der Waals surface area contributed by atoms with Crippen LogP contribution in [0.15, 0.2) is 0 Å². The molecule has 1 saturated carbocycles. The number of hydrogen-bond donors (Lipinski definition) is 2. The minimum absolute atomic E-state index is 0.0812. The Hall–Kier alpha value is -0.610. The maximum absolute atomic E-state index is 11.3. The summed E-state index contributed by atoms with van der Waals surface area (Å²) in [5.41, 5.74) is 5.41. The molecule has 0 spiro atoms. The Labute approximate surface area is 78.8 Å². The van der Waals surface area contributed by atoms with Crippen LogP contribution < -0.4 is 11.1 Å². The summed E-state index contributed by atoms with van der Waals surface area (Å²) in [6, 6.07) is 0. The highest BCUT2D eigenvalue weighted by Gasteiger charge is 2.41. The maximum Gasteiger partial charge on any atom is 0.246 e. The van der Waals surface area contributed by atoms with Crippen LogP contribution in [-0.4, -0.2) is 31.7 Å². The van der Waals surface area contributed by atoms with E-state index in [-0.39, 0.29) is 18.1 Å². The number of nitrogens with one attached hydrogen (secondary N) is 1. The minimum atomic E-state index is -0.227. The van der Waals surface area contributed by atoms with Gasteiger partial charge in [-0.05, 0) is 25.7 Å². The van der Waals surface area contributed by atoms with Crippen molar-refractivity contribution < 1.29 is 9.53 Å². The summed E-state index contributed by atoms with van der Waals surface area (Å²) in [7, 11) is 1.51. The van der Waals surface area contributed by atoms with Crippen molar-refractivity contribution in [2.75, 3.05) is 20.3 Å². The highest BCUT2D eigenvalue weighted by atomic mass is 16.5. The van der Waals surface area contributed by atoms with E-state index in [9.17, 15) is 4.79 Å². The van der Waals surface area contributed by atoms with Crippen molar-refractivity contribution in [3.05, 3.63) is 0 Å². The fraction of sp³-hybridized carbons (Fsp3) is 0.889. The lowest BCUT2D eigenvalue weighted by molar-refractivity contribution is -0.126. The van der Waals surface area contributed by atoms with Crippen LogP contribution in [0.4, 0.5) is 0 Å². The number of nitrogens with two attached hydrogens (primary N) is 1. The van der Waals surface area contributed by atoms with Gasteiger partial charge in [-0.2, -0.15) is 0 Å². The SMILES string of the molecule is COCC(=O)NC(C)(CN)C1CC1. The zero-order valence-corrected chi connectivity index (χ0v) is 8.30. The molecule has 4 heteroatoms. The second-order valence-electron chi connectivity index (χ2n) is 3.88. The molecule has 1 rings (SSSR count). The molecule has 0 aromatic heterocycles. The predicted octanol–water partition coefficient (Wildman–Crippen LogP) is -0.124. The molecule has 0 aromatic carbocycles. The van der Waals surface area contributed by atoms with Crippen LogP contribution in [0.2, 0.25) is 0 Å². The molecule has 4 nitrogen and oxygen atoms in total. The summed E-state index contributed by atoms with van der Waals surface area (Å²) in [5, 5.41) is 2.92. The van der Waals surface area contributed by atoms with Gasteiger partial charge in [-0.1, -0.05) is 0 Å². The lowest BCUT2D eigenvalue weighted by Crippen LogP contribution is -2.54. The molecule has 0 radical (unpaired) electrons. The molecule has 0 bridgehead atoms. The van der Waals surface area contributed by atoms with Gasteiger partial charge in [-0.25, -0.2) is 0 Å². The standard InChI is InChI=1S/C9H18N2O2/c1-9(6-10,7-3-4-7)11-8(12)5-13-2/h7H,3-6,10H2,1-2H3,(H,11,12). The van der Waals surface area contributed by atoms with Gasteiger partial charge < -0.3 is 15.8 Å². The van der Waals surface area contributed by atoms with Crippen LogP contribution in [0.3, 0.4) is 0 Å². The minimum Gasteiger partial charge on any atom is -0.375 e. The van der Waals surface area contributed by atoms with Crippen molar-refractivity contribution >= 4 is 5.91 Å². The van der Waals surface area contributed by atoms with Gasteiger partial charge in [0.25, 0.3) is 0 Å². The Kier molecular flexibility index (Phi) is 3.27. The van der Waals surface area contributed by atoms with Gasteiger partial charge in [-0.15, -0.1) is 0 Å². The number of ether oxygens (including phenoxy) is 1. The number of hydrogen-bond acceptors (Lipinski definition) is 3. The van der Waals surface area contributed by atoms with Gasteiger partial charge in [-0.3, -0.25) is 4.79 Å². The highest BCUT2D eigenvalue weighted by Crippen LogP contribution is 2.38. The molecule has 0 heterocycles. The summed E-state index contributed by atoms with van der Waals surface area (Å²) in [6.45, 7) is 2.60. The van der Waals surface area contributed by atoms with Gasteiger partial charge in [0.15, 0.2) is 0 Å². The van der Waals surface area contributed by atoms with E-state index in [2.05, 4.69) is 5.32 Å². The first-order chi connectivity index (χ1) is 6.12. The smallest absolute Gasteiger partial charge is 0.246 e. The third kappa shape index (κ3) is 2.67. The van der Waals surface area contributed by atoms with Gasteiger partial charge in [0.05, 0.1) is 5.54 Å². The first-order valence-electron chi connectivity index (χ1n) is 4.62. The maximum atomic E-state index is 11.3. The normalized spacial score (nSPS) is 20.8. The van der Waals surface area contributed by atoms with E-state index in [4.69, 9.17) is 10.5 Å². The van der Waals surface area contributed by atoms with E-state index in [1.54, 1.807) is 0 Å². The molecule has 0 saturated heterocycles. The molecule has 1 unspecified atom stereocenters. The number of rotatable bonds is 5. The van der Waals surface area contributed by atoms with E-state index in [1.165, 1.54) is 20.0 Å². The summed E-state index contributed by atoms with van der Waals surface area (Å²) >= 11 is 0. The van der Waals surface area contributed by atoms with Crippen molar-refractivity contribution in [1.82, 2.24) is 5.32 Å². The van der Waals surface area contributed by atoms with Crippen molar-refractivity contribution in [2.45, 2.75) is 25.3 Å². The van der Waals surface area contributed by atoms with E-state index in [0.29, 0.717) is 12.5 Å². The van der Waals surface area contributed by atoms with Crippen LogP contribution in [0.5, 0.6) is 0 Å². The Morgan fingerprint density at radius 3 is 2.69 bits per heavy atom. The summed E-state index contributed by atoms with van der Waals surface area (Å²) in [6.07, 6.45) is 2.34. The number of carbonyl (C=O) groups is 1. The van der Waals surface area contributed by atoms with Crippen LogP contribution >= 0.6 is 0 Å². The molecule has 3 N–H and O–H groups in total. The molecule has 1 fully saturated rings. The van der Waals surface area contributed by atoms with Crippen molar-refractivity contribution in [3.8, 4) is 0 Å². The number of carbonyl (C=O) groups excluding carboxylic acids is 1. The molecule has 1 aliphatic carbocycles. The molecule has 76 valence electrons. The molecule has 0 aromatic rings. The zero-order valence-electron chi connectivity index (χ0n) is 8.30. The van der Waals surface area contributed by atoms with E-state index in [0.717, 1.165) is 0 Å². The van der Waals surface area contributed by atoms with E-state index >= 15 is 0 Å². The van der Waals surface area contributed by atoms with Crippen LogP contribution in [-0.2, 0) is 9.53 Å². The fourth-order valence-corrected chi connectivity index (χ4v) is 1.53. The van der Waals surface area contributed by atoms with Gasteiger partial charge in [0, 0.05) is 13.7 Å². The van der Waals surface area contributed by atoms with Crippen molar-refractivity contribution in [2.24, 2.45) is 11.7 Å². The monoisotopic (exact) mass is 186 g/mol. The molecule has 1 atom stereocenters. The van der Waals surface area contributed by atoms with Crippen LogP contribution in [0, 0.1) is 5.92 Å². The highest BCUT2D eigenvalue weighted by molar-refractivity contribution is 5.78. The summed E-state index contributed by atoms with van der Waals surface area (Å²) < 4.78 is 4.74. The Morgan fingerprint density at radius 2 is 2.31 bits per heavy atom. The van der Waals surface area contributed by atoms with Crippen LogP contribution in [0.1, 0.15) is 19.8 Å². The average Bonchev–Trinajstić information content (AvgIpc) is 2.86. The predicted molar refractivity (Wildman–Crippen MR) is 50.2 cm³/mol. The average molecular weight is 186 g/mol. The molecule has 1 aliphatic rings. The number of amides is 1. The van der Waals surface area contributed by atoms with Gasteiger partial charge in [0.1, 0.15) is 6.61 Å². The molecular formula is C9H18N2O2. The molecule has 1 amide bonds. The Balaban J connectivity index is 2.42.